The molecule has 4 aromatic rings. The summed E-state index contributed by atoms with van der Waals surface area (Å²) < 4.78 is 69.9. The second-order valence-corrected chi connectivity index (χ2v) is 13.8. The van der Waals surface area contributed by atoms with Gasteiger partial charge in [0.05, 0.1) is 34.7 Å². The van der Waals surface area contributed by atoms with E-state index in [1.807, 2.05) is 0 Å². The van der Waals surface area contributed by atoms with E-state index in [-0.39, 0.29) is 52.5 Å². The number of hydrogen-bond donors (Lipinski definition) is 9. The van der Waals surface area contributed by atoms with Crippen molar-refractivity contribution in [3.63, 3.8) is 0 Å². The van der Waals surface area contributed by atoms with Crippen LogP contribution in [0, 0.1) is 0 Å². The molecule has 1 aromatic heterocycles. The maximum Gasteiger partial charge on any atom is 0.238 e. The maximum atomic E-state index is 11.6. The van der Waals surface area contributed by atoms with Gasteiger partial charge in [-0.1, -0.05) is 18.2 Å². The standard InChI is InChI=1S/C24H30N12O6S3/c25-43(37,38)19-7-1-4-16(10-19)28-13-31-22-34-23(32-14-29-17-5-2-8-20(11-17)44(26,39)40)36-24(35-22)33-15-30-18-6-3-9-21(12-18)45(27,41)42/h1-12,28-30H,13-15H2,(H2,25,37,38)(H2,26,39,40)(H2,27,41,42)(H3,31,32,33,34,35,36). The molecule has 0 spiro atoms. The van der Waals surface area contributed by atoms with E-state index in [9.17, 15) is 25.3 Å². The second-order valence-electron chi connectivity index (χ2n) is 9.12. The quantitative estimate of drug-likeness (QED) is 0.0762. The lowest BCUT2D eigenvalue weighted by Gasteiger charge is -2.14. The first-order chi connectivity index (χ1) is 21.2. The van der Waals surface area contributed by atoms with Gasteiger partial charge in [0.25, 0.3) is 0 Å². The number of rotatable bonds is 15. The molecule has 0 fully saturated rings. The Balaban J connectivity index is 1.45. The van der Waals surface area contributed by atoms with Crippen LogP contribution in [0.25, 0.3) is 0 Å². The highest BCUT2D eigenvalue weighted by Crippen LogP contribution is 2.17. The molecule has 1 heterocycles. The fourth-order valence-electron chi connectivity index (χ4n) is 3.64. The van der Waals surface area contributed by atoms with E-state index in [1.54, 1.807) is 18.2 Å². The molecule has 45 heavy (non-hydrogen) atoms. The number of nitrogens with zero attached hydrogens (tertiary/aromatic N) is 3. The van der Waals surface area contributed by atoms with Gasteiger partial charge in [0, 0.05) is 17.1 Å². The molecule has 240 valence electrons. The Morgan fingerprint density at radius 2 is 0.711 bits per heavy atom. The Hall–Kier alpha value is -4.80. The largest absolute Gasteiger partial charge is 0.368 e. The number of sulfonamides is 3. The summed E-state index contributed by atoms with van der Waals surface area (Å²) in [6.45, 7) is 0.233. The van der Waals surface area contributed by atoms with Crippen LogP contribution in [0.3, 0.4) is 0 Å². The predicted octanol–water partition coefficient (Wildman–Crippen LogP) is 0.258. The summed E-state index contributed by atoms with van der Waals surface area (Å²) >= 11 is 0. The average molecular weight is 679 g/mol. The minimum absolute atomic E-state index is 0.0603. The zero-order chi connectivity index (χ0) is 32.7. The molecule has 0 saturated heterocycles. The molecule has 3 aromatic carbocycles. The van der Waals surface area contributed by atoms with Crippen molar-refractivity contribution in [2.75, 3.05) is 51.9 Å². The highest BCUT2D eigenvalue weighted by Gasteiger charge is 2.11. The third-order valence-corrected chi connectivity index (χ3v) is 8.47. The van der Waals surface area contributed by atoms with Gasteiger partial charge in [-0.15, -0.1) is 0 Å². The van der Waals surface area contributed by atoms with Crippen molar-refractivity contribution < 1.29 is 25.3 Å². The summed E-state index contributed by atoms with van der Waals surface area (Å²) in [6, 6.07) is 17.8. The Kier molecular flexibility index (Phi) is 10.2. The molecule has 0 unspecified atom stereocenters. The molecule has 21 heteroatoms. The van der Waals surface area contributed by atoms with Crippen LogP contribution in [0.15, 0.2) is 87.5 Å². The third-order valence-electron chi connectivity index (χ3n) is 5.74. The van der Waals surface area contributed by atoms with Gasteiger partial charge in [0.1, 0.15) is 0 Å². The first-order valence-electron chi connectivity index (χ1n) is 12.7. The highest BCUT2D eigenvalue weighted by atomic mass is 32.2. The lowest BCUT2D eigenvalue weighted by molar-refractivity contribution is 0.596. The minimum Gasteiger partial charge on any atom is -0.368 e. The molecule has 12 N–H and O–H groups in total. The van der Waals surface area contributed by atoms with Gasteiger partial charge in [0.2, 0.25) is 47.9 Å². The molecule has 0 aliphatic carbocycles. The summed E-state index contributed by atoms with van der Waals surface area (Å²) in [5, 5.41) is 33.5. The van der Waals surface area contributed by atoms with E-state index in [0.29, 0.717) is 17.1 Å². The third kappa shape index (κ3) is 10.1. The van der Waals surface area contributed by atoms with E-state index < -0.39 is 30.1 Å². The van der Waals surface area contributed by atoms with Gasteiger partial charge in [-0.05, 0) is 54.6 Å². The van der Waals surface area contributed by atoms with Crippen molar-refractivity contribution >= 4 is 65.0 Å². The summed E-state index contributed by atoms with van der Waals surface area (Å²) in [7, 11) is -11.7. The lowest BCUT2D eigenvalue weighted by atomic mass is 10.3. The van der Waals surface area contributed by atoms with Crippen molar-refractivity contribution in [1.29, 1.82) is 0 Å². The van der Waals surface area contributed by atoms with Crippen LogP contribution in [0.4, 0.5) is 34.9 Å². The molecular weight excluding hydrogens is 649 g/mol. The Labute approximate surface area is 259 Å². The van der Waals surface area contributed by atoms with Crippen molar-refractivity contribution in [2.24, 2.45) is 15.4 Å². The van der Waals surface area contributed by atoms with Gasteiger partial charge in [-0.25, -0.2) is 40.7 Å². The SMILES string of the molecule is NS(=O)(=O)c1cccc(NCNc2nc(NCNc3cccc(S(N)(=O)=O)c3)nc(NCNc3cccc(S(N)(=O)=O)c3)n2)c1. The van der Waals surface area contributed by atoms with Crippen LogP contribution in [0.1, 0.15) is 0 Å². The molecule has 0 aliphatic heterocycles. The minimum atomic E-state index is -3.89. The van der Waals surface area contributed by atoms with E-state index in [4.69, 9.17) is 15.4 Å². The Bertz CT molecular complexity index is 1760. The van der Waals surface area contributed by atoms with Crippen LogP contribution in [0.5, 0.6) is 0 Å². The normalized spacial score (nSPS) is 11.8. The monoisotopic (exact) mass is 678 g/mol. The van der Waals surface area contributed by atoms with Gasteiger partial charge in [-0.3, -0.25) is 0 Å². The van der Waals surface area contributed by atoms with Crippen molar-refractivity contribution in [3.8, 4) is 0 Å². The van der Waals surface area contributed by atoms with Crippen molar-refractivity contribution in [1.82, 2.24) is 15.0 Å². The fraction of sp³-hybridized carbons (Fsp3) is 0.125. The first-order valence-corrected chi connectivity index (χ1v) is 17.4. The Morgan fingerprint density at radius 1 is 0.444 bits per heavy atom. The van der Waals surface area contributed by atoms with E-state index >= 15 is 0 Å². The summed E-state index contributed by atoms with van der Waals surface area (Å²) in [6.07, 6.45) is 0. The van der Waals surface area contributed by atoms with E-state index in [0.717, 1.165) is 0 Å². The van der Waals surface area contributed by atoms with Crippen LogP contribution in [0.2, 0.25) is 0 Å². The number of primary sulfonamides is 3. The Morgan fingerprint density at radius 3 is 0.956 bits per heavy atom. The predicted molar refractivity (Wildman–Crippen MR) is 170 cm³/mol. The molecule has 0 aliphatic rings. The average Bonchev–Trinajstić information content (AvgIpc) is 2.96. The maximum absolute atomic E-state index is 11.6. The van der Waals surface area contributed by atoms with E-state index in [1.165, 1.54) is 54.6 Å². The first kappa shape index (κ1) is 33.1. The van der Waals surface area contributed by atoms with Gasteiger partial charge >= 0.3 is 0 Å². The zero-order valence-electron chi connectivity index (χ0n) is 23.3. The van der Waals surface area contributed by atoms with E-state index in [2.05, 4.69) is 46.9 Å². The molecule has 0 bridgehead atoms. The van der Waals surface area contributed by atoms with Crippen LogP contribution >= 0.6 is 0 Å². The van der Waals surface area contributed by atoms with Gasteiger partial charge < -0.3 is 31.9 Å². The lowest BCUT2D eigenvalue weighted by Crippen LogP contribution is -2.20. The number of benzene rings is 3. The number of nitrogens with one attached hydrogen (secondary N) is 6. The number of aromatic nitrogens is 3. The van der Waals surface area contributed by atoms with Gasteiger partial charge in [0.15, 0.2) is 0 Å². The summed E-state index contributed by atoms with van der Waals surface area (Å²) in [5.41, 5.74) is 1.41. The molecule has 18 nitrogen and oxygen atoms in total. The molecule has 0 saturated carbocycles. The molecule has 4 rings (SSSR count). The van der Waals surface area contributed by atoms with Crippen molar-refractivity contribution in [3.05, 3.63) is 72.8 Å². The summed E-state index contributed by atoms with van der Waals surface area (Å²) in [4.78, 5) is 12.8. The fourth-order valence-corrected chi connectivity index (χ4v) is 5.32. The molecular formula is C24H30N12O6S3. The highest BCUT2D eigenvalue weighted by molar-refractivity contribution is 7.89. The van der Waals surface area contributed by atoms with Crippen LogP contribution in [-0.4, -0.2) is 60.2 Å². The molecule has 0 amide bonds. The van der Waals surface area contributed by atoms with Gasteiger partial charge in [-0.2, -0.15) is 15.0 Å². The zero-order valence-corrected chi connectivity index (χ0v) is 25.7. The summed E-state index contributed by atoms with van der Waals surface area (Å²) in [5.74, 6) is 0.368. The van der Waals surface area contributed by atoms with Crippen molar-refractivity contribution in [2.45, 2.75) is 14.7 Å². The number of hydrogen-bond acceptors (Lipinski definition) is 15. The molecule has 0 radical (unpaired) electrons. The smallest absolute Gasteiger partial charge is 0.238 e. The van der Waals surface area contributed by atoms with Crippen LogP contribution in [-0.2, 0) is 30.1 Å². The number of nitrogens with two attached hydrogens (primary N) is 3. The molecule has 0 atom stereocenters. The second kappa shape index (κ2) is 13.9. The topological polar surface area (TPSA) is 291 Å². The van der Waals surface area contributed by atoms with Crippen LogP contribution < -0.4 is 47.3 Å². The number of anilines is 6.